The Hall–Kier alpha value is -1.42. The highest BCUT2D eigenvalue weighted by Gasteiger charge is 2.05. The quantitative estimate of drug-likeness (QED) is 0.636. The highest BCUT2D eigenvalue weighted by Crippen LogP contribution is 2.23. The minimum atomic E-state index is -0.597. The second-order valence-corrected chi connectivity index (χ2v) is 3.15. The van der Waals surface area contributed by atoms with Crippen LogP contribution in [-0.2, 0) is 6.54 Å². The summed E-state index contributed by atoms with van der Waals surface area (Å²) in [5.41, 5.74) is 0.811. The summed E-state index contributed by atoms with van der Waals surface area (Å²) in [6.45, 7) is 0.308. The van der Waals surface area contributed by atoms with Crippen molar-refractivity contribution in [1.29, 1.82) is 0 Å². The number of nitrogens with one attached hydrogen (secondary N) is 1. The van der Waals surface area contributed by atoms with E-state index in [9.17, 15) is 4.79 Å². The molecule has 0 aromatic heterocycles. The van der Waals surface area contributed by atoms with Gasteiger partial charge in [0.15, 0.2) is 0 Å². The van der Waals surface area contributed by atoms with Gasteiger partial charge in [0.05, 0.1) is 14.2 Å². The Kier molecular flexibility index (Phi) is 4.24. The largest absolute Gasteiger partial charge is 0.497 e. The Morgan fingerprint density at radius 3 is 2.67 bits per heavy atom. The maximum absolute atomic E-state index is 10.6. The van der Waals surface area contributed by atoms with Gasteiger partial charge >= 0.3 is 5.37 Å². The fourth-order valence-electron chi connectivity index (χ4n) is 1.18. The number of carbonyl (C=O) groups is 1. The molecule has 0 aliphatic carbocycles. The SMILES string of the molecule is COc1ccc(OC)c(CNC(=O)Cl)c1. The maximum atomic E-state index is 10.6. The van der Waals surface area contributed by atoms with Gasteiger partial charge in [0.1, 0.15) is 11.5 Å². The first-order valence-electron chi connectivity index (χ1n) is 4.31. The van der Waals surface area contributed by atoms with Crippen LogP contribution in [0.2, 0.25) is 0 Å². The Labute approximate surface area is 93.1 Å². The minimum Gasteiger partial charge on any atom is -0.497 e. The van der Waals surface area contributed by atoms with Crippen LogP contribution in [0.4, 0.5) is 4.79 Å². The van der Waals surface area contributed by atoms with Crippen molar-refractivity contribution < 1.29 is 14.3 Å². The summed E-state index contributed by atoms with van der Waals surface area (Å²) >= 11 is 5.17. The van der Waals surface area contributed by atoms with E-state index >= 15 is 0 Å². The van der Waals surface area contributed by atoms with Crippen LogP contribution >= 0.6 is 11.6 Å². The van der Waals surface area contributed by atoms with Gasteiger partial charge in [-0.05, 0) is 29.8 Å². The average molecular weight is 230 g/mol. The molecule has 0 aliphatic heterocycles. The third-order valence-corrected chi connectivity index (χ3v) is 2.04. The lowest BCUT2D eigenvalue weighted by Crippen LogP contribution is -2.16. The van der Waals surface area contributed by atoms with E-state index in [4.69, 9.17) is 21.1 Å². The lowest BCUT2D eigenvalue weighted by Gasteiger charge is -2.10. The normalized spacial score (nSPS) is 9.53. The van der Waals surface area contributed by atoms with Gasteiger partial charge in [0.25, 0.3) is 0 Å². The van der Waals surface area contributed by atoms with Gasteiger partial charge in [-0.25, -0.2) is 0 Å². The topological polar surface area (TPSA) is 47.6 Å². The second-order valence-electron chi connectivity index (χ2n) is 2.81. The molecule has 0 atom stereocenters. The molecule has 1 amide bonds. The number of ether oxygens (including phenoxy) is 2. The molecule has 0 aliphatic rings. The summed E-state index contributed by atoms with van der Waals surface area (Å²) in [6, 6.07) is 5.34. The minimum absolute atomic E-state index is 0.308. The van der Waals surface area contributed by atoms with Crippen molar-refractivity contribution >= 4 is 17.0 Å². The van der Waals surface area contributed by atoms with E-state index in [0.717, 1.165) is 5.56 Å². The van der Waals surface area contributed by atoms with Gasteiger partial charge in [-0.1, -0.05) is 0 Å². The second kappa shape index (κ2) is 5.46. The summed E-state index contributed by atoms with van der Waals surface area (Å²) in [7, 11) is 3.14. The van der Waals surface area contributed by atoms with Crippen LogP contribution in [0, 0.1) is 0 Å². The molecule has 0 fully saturated rings. The summed E-state index contributed by atoms with van der Waals surface area (Å²) < 4.78 is 10.2. The van der Waals surface area contributed by atoms with Crippen LogP contribution in [0.15, 0.2) is 18.2 Å². The average Bonchev–Trinajstić information content (AvgIpc) is 2.25. The predicted molar refractivity (Wildman–Crippen MR) is 57.6 cm³/mol. The van der Waals surface area contributed by atoms with Crippen LogP contribution in [0.5, 0.6) is 11.5 Å². The van der Waals surface area contributed by atoms with Crippen LogP contribution in [0.1, 0.15) is 5.56 Å². The lowest BCUT2D eigenvalue weighted by molar-refractivity contribution is 0.259. The van der Waals surface area contributed by atoms with Crippen LogP contribution in [0.3, 0.4) is 0 Å². The zero-order chi connectivity index (χ0) is 11.3. The van der Waals surface area contributed by atoms with Gasteiger partial charge in [-0.3, -0.25) is 4.79 Å². The maximum Gasteiger partial charge on any atom is 0.314 e. The summed E-state index contributed by atoms with van der Waals surface area (Å²) in [4.78, 5) is 10.6. The number of hydrogen-bond donors (Lipinski definition) is 1. The van der Waals surface area contributed by atoms with E-state index in [-0.39, 0.29) is 0 Å². The van der Waals surface area contributed by atoms with E-state index in [2.05, 4.69) is 5.32 Å². The standard InChI is InChI=1S/C10H12ClNO3/c1-14-8-3-4-9(15-2)7(5-8)6-12-10(11)13/h3-5H,6H2,1-2H3,(H,12,13). The molecule has 1 N–H and O–H groups in total. The van der Waals surface area contributed by atoms with Gasteiger partial charge in [0, 0.05) is 12.1 Å². The van der Waals surface area contributed by atoms with Crippen molar-refractivity contribution in [2.45, 2.75) is 6.54 Å². The molecule has 5 heteroatoms. The van der Waals surface area contributed by atoms with Crippen LogP contribution < -0.4 is 14.8 Å². The Morgan fingerprint density at radius 1 is 1.40 bits per heavy atom. The Balaban J connectivity index is 2.85. The number of methoxy groups -OCH3 is 2. The molecule has 0 bridgehead atoms. The van der Waals surface area contributed by atoms with Crippen molar-refractivity contribution in [1.82, 2.24) is 5.32 Å². The molecular formula is C10H12ClNO3. The number of hydrogen-bond acceptors (Lipinski definition) is 3. The summed E-state index contributed by atoms with van der Waals surface area (Å²) in [5, 5.41) is 1.88. The lowest BCUT2D eigenvalue weighted by atomic mass is 10.2. The van der Waals surface area contributed by atoms with E-state index in [1.165, 1.54) is 0 Å². The monoisotopic (exact) mass is 229 g/mol. The first-order valence-corrected chi connectivity index (χ1v) is 4.69. The fourth-order valence-corrected chi connectivity index (χ4v) is 1.25. The van der Waals surface area contributed by atoms with E-state index in [1.807, 2.05) is 0 Å². The van der Waals surface area contributed by atoms with E-state index in [0.29, 0.717) is 18.0 Å². The Bertz CT molecular complexity index is 355. The van der Waals surface area contributed by atoms with E-state index < -0.39 is 5.37 Å². The molecule has 0 spiro atoms. The van der Waals surface area contributed by atoms with Gasteiger partial charge in [-0.15, -0.1) is 0 Å². The summed E-state index contributed by atoms with van der Waals surface area (Å²) in [6.07, 6.45) is 0. The molecule has 82 valence electrons. The van der Waals surface area contributed by atoms with Crippen molar-refractivity contribution in [3.8, 4) is 11.5 Å². The highest BCUT2D eigenvalue weighted by molar-refractivity contribution is 6.62. The van der Waals surface area contributed by atoms with Crippen molar-refractivity contribution in [2.24, 2.45) is 0 Å². The molecule has 0 heterocycles. The zero-order valence-electron chi connectivity index (χ0n) is 8.54. The molecule has 1 aromatic carbocycles. The number of carbonyl (C=O) groups excluding carboxylic acids is 1. The molecule has 0 radical (unpaired) electrons. The number of rotatable bonds is 4. The van der Waals surface area contributed by atoms with Gasteiger partial charge in [0.2, 0.25) is 0 Å². The smallest absolute Gasteiger partial charge is 0.314 e. The number of halogens is 1. The zero-order valence-corrected chi connectivity index (χ0v) is 9.30. The van der Waals surface area contributed by atoms with Crippen LogP contribution in [-0.4, -0.2) is 19.6 Å². The molecule has 1 aromatic rings. The molecular weight excluding hydrogens is 218 g/mol. The van der Waals surface area contributed by atoms with Crippen molar-refractivity contribution in [3.63, 3.8) is 0 Å². The van der Waals surface area contributed by atoms with Gasteiger partial charge in [-0.2, -0.15) is 0 Å². The Morgan fingerprint density at radius 2 is 2.13 bits per heavy atom. The third kappa shape index (κ3) is 3.32. The number of amides is 1. The first-order chi connectivity index (χ1) is 7.17. The molecule has 15 heavy (non-hydrogen) atoms. The van der Waals surface area contributed by atoms with Crippen molar-refractivity contribution in [3.05, 3.63) is 23.8 Å². The number of benzene rings is 1. The van der Waals surface area contributed by atoms with E-state index in [1.54, 1.807) is 32.4 Å². The third-order valence-electron chi connectivity index (χ3n) is 1.91. The molecule has 4 nitrogen and oxygen atoms in total. The first kappa shape index (κ1) is 11.7. The van der Waals surface area contributed by atoms with Gasteiger partial charge < -0.3 is 14.8 Å². The molecule has 0 saturated carbocycles. The molecule has 1 rings (SSSR count). The molecule has 0 saturated heterocycles. The molecule has 0 unspecified atom stereocenters. The highest BCUT2D eigenvalue weighted by atomic mass is 35.5. The van der Waals surface area contributed by atoms with Crippen molar-refractivity contribution in [2.75, 3.05) is 14.2 Å². The summed E-state index contributed by atoms with van der Waals surface area (Å²) in [5.74, 6) is 1.39. The van der Waals surface area contributed by atoms with Crippen LogP contribution in [0.25, 0.3) is 0 Å². The predicted octanol–water partition coefficient (Wildman–Crippen LogP) is 2.15. The fraction of sp³-hybridized carbons (Fsp3) is 0.300.